The summed E-state index contributed by atoms with van der Waals surface area (Å²) < 4.78 is 68.1. The summed E-state index contributed by atoms with van der Waals surface area (Å²) in [5, 5.41) is 10.6. The number of aliphatic hydroxyl groups excluding tert-OH is 1. The largest absolute Gasteiger partial charge is 0.472 e. The third kappa shape index (κ3) is 59.7. The summed E-state index contributed by atoms with van der Waals surface area (Å²) in [7, 11) is -9.90. The molecule has 0 heterocycles. The van der Waals surface area contributed by atoms with E-state index in [1.807, 2.05) is 0 Å². The summed E-state index contributed by atoms with van der Waals surface area (Å²) in [5.41, 5.74) is 0. The molecular weight excluding hydrogens is 1140 g/mol. The molecular formula is C67H130O17P2. The van der Waals surface area contributed by atoms with Crippen LogP contribution in [0.5, 0.6) is 0 Å². The van der Waals surface area contributed by atoms with Crippen molar-refractivity contribution >= 4 is 39.5 Å². The maximum absolute atomic E-state index is 13.0. The fourth-order valence-corrected chi connectivity index (χ4v) is 11.5. The van der Waals surface area contributed by atoms with Crippen molar-refractivity contribution in [1.82, 2.24) is 0 Å². The molecule has 0 spiro atoms. The van der Waals surface area contributed by atoms with Crippen LogP contribution in [0.3, 0.4) is 0 Å². The summed E-state index contributed by atoms with van der Waals surface area (Å²) >= 11 is 0. The summed E-state index contributed by atoms with van der Waals surface area (Å²) in [6.07, 6.45) is 37.6. The van der Waals surface area contributed by atoms with Gasteiger partial charge in [0.05, 0.1) is 26.4 Å². The van der Waals surface area contributed by atoms with Gasteiger partial charge in [0.2, 0.25) is 0 Å². The molecule has 6 atom stereocenters. The van der Waals surface area contributed by atoms with Gasteiger partial charge < -0.3 is 33.8 Å². The molecule has 3 unspecified atom stereocenters. The second-order valence-corrected chi connectivity index (χ2v) is 28.8. The SMILES string of the molecule is CCC(C)CCCCCCCCCCC(=O)O[C@H](COC(=O)CCCCCCCCC(C)C)COP(=O)(O)OC[C@H](O)COP(=O)(O)OC[C@@H](COC(=O)CCCCCCCCCCCC(C)C)OC(=O)CCCCCCCCCCCCC(C)C. The van der Waals surface area contributed by atoms with Crippen LogP contribution < -0.4 is 0 Å². The summed E-state index contributed by atoms with van der Waals surface area (Å²) in [6, 6.07) is 0. The van der Waals surface area contributed by atoms with Crippen LogP contribution >= 0.6 is 15.6 Å². The van der Waals surface area contributed by atoms with E-state index in [2.05, 4.69) is 55.4 Å². The predicted octanol–water partition coefficient (Wildman–Crippen LogP) is 18.5. The number of carbonyl (C=O) groups excluding carboxylic acids is 4. The van der Waals surface area contributed by atoms with Crippen LogP contribution in [0.2, 0.25) is 0 Å². The van der Waals surface area contributed by atoms with Crippen LogP contribution in [0.25, 0.3) is 0 Å². The van der Waals surface area contributed by atoms with Gasteiger partial charge in [0.1, 0.15) is 19.3 Å². The molecule has 17 nitrogen and oxygen atoms in total. The molecule has 0 aliphatic carbocycles. The van der Waals surface area contributed by atoms with Crippen molar-refractivity contribution in [3.63, 3.8) is 0 Å². The Labute approximate surface area is 524 Å². The topological polar surface area (TPSA) is 237 Å². The lowest BCUT2D eigenvalue weighted by Crippen LogP contribution is -2.30. The van der Waals surface area contributed by atoms with Crippen molar-refractivity contribution in [2.75, 3.05) is 39.6 Å². The average Bonchev–Trinajstić information content (AvgIpc) is 3.64. The number of hydrogen-bond acceptors (Lipinski definition) is 15. The Balaban J connectivity index is 5.26. The Bertz CT molecular complexity index is 1720. The van der Waals surface area contributed by atoms with Gasteiger partial charge in [-0.25, -0.2) is 9.13 Å². The predicted molar refractivity (Wildman–Crippen MR) is 344 cm³/mol. The van der Waals surface area contributed by atoms with Gasteiger partial charge in [0.15, 0.2) is 12.2 Å². The second kappa shape index (κ2) is 57.0. The van der Waals surface area contributed by atoms with Crippen LogP contribution in [0.15, 0.2) is 0 Å². The van der Waals surface area contributed by atoms with Crippen molar-refractivity contribution < 1.29 is 80.2 Å². The highest BCUT2D eigenvalue weighted by Crippen LogP contribution is 2.45. The highest BCUT2D eigenvalue weighted by molar-refractivity contribution is 7.47. The van der Waals surface area contributed by atoms with E-state index in [1.54, 1.807) is 0 Å². The number of unbranched alkanes of at least 4 members (excludes halogenated alkanes) is 29. The first-order valence-corrected chi connectivity index (χ1v) is 37.7. The number of carbonyl (C=O) groups is 4. The number of ether oxygens (including phenoxy) is 4. The standard InChI is InChI=1S/C67H130O17P2/c1-9-60(8)46-38-30-21-17-18-24-34-42-50-67(72)84-63(54-78-65(70)48-40-32-26-25-29-37-45-59(6)7)56-82-86(75,76)80-52-61(68)51-79-85(73,74)81-55-62(53-77-64(69)47-39-31-22-16-12-14-20-28-36-44-58(4)5)83-66(71)49-41-33-23-15-11-10-13-19-27-35-43-57(2)3/h57-63,68H,9-56H2,1-8H3,(H,73,74)(H,75,76)/t60?,61-,62-,63-/m1/s1. The van der Waals surface area contributed by atoms with E-state index in [-0.39, 0.29) is 25.7 Å². The van der Waals surface area contributed by atoms with Gasteiger partial charge in [-0.2, -0.15) is 0 Å². The van der Waals surface area contributed by atoms with E-state index in [1.165, 1.54) is 122 Å². The molecule has 0 saturated heterocycles. The Morgan fingerprint density at radius 2 is 0.558 bits per heavy atom. The first-order chi connectivity index (χ1) is 41.1. The van der Waals surface area contributed by atoms with Gasteiger partial charge in [0.25, 0.3) is 0 Å². The number of phosphoric ester groups is 2. The van der Waals surface area contributed by atoms with Crippen LogP contribution in [-0.4, -0.2) is 96.7 Å². The van der Waals surface area contributed by atoms with E-state index in [0.29, 0.717) is 31.6 Å². The average molecular weight is 1270 g/mol. The van der Waals surface area contributed by atoms with Crippen LogP contribution in [0, 0.1) is 23.7 Å². The molecule has 510 valence electrons. The first-order valence-electron chi connectivity index (χ1n) is 34.7. The molecule has 0 fully saturated rings. The lowest BCUT2D eigenvalue weighted by Gasteiger charge is -2.21. The van der Waals surface area contributed by atoms with Crippen LogP contribution in [0.1, 0.15) is 325 Å². The number of esters is 4. The fraction of sp³-hybridized carbons (Fsp3) is 0.940. The number of hydrogen-bond donors (Lipinski definition) is 3. The molecule has 0 saturated carbocycles. The van der Waals surface area contributed by atoms with Gasteiger partial charge in [0, 0.05) is 25.7 Å². The molecule has 0 aliphatic rings. The minimum absolute atomic E-state index is 0.103. The third-order valence-electron chi connectivity index (χ3n) is 15.7. The summed E-state index contributed by atoms with van der Waals surface area (Å²) in [6.45, 7) is 14.0. The molecule has 0 aliphatic heterocycles. The Kier molecular flexibility index (Phi) is 55.7. The van der Waals surface area contributed by atoms with Gasteiger partial charge in [-0.05, 0) is 49.4 Å². The fourth-order valence-electron chi connectivity index (χ4n) is 9.93. The molecule has 0 aromatic rings. The minimum Gasteiger partial charge on any atom is -0.462 e. The molecule has 3 N–H and O–H groups in total. The van der Waals surface area contributed by atoms with Gasteiger partial charge >= 0.3 is 39.5 Å². The lowest BCUT2D eigenvalue weighted by atomic mass is 9.99. The molecule has 0 aromatic carbocycles. The van der Waals surface area contributed by atoms with Crippen LogP contribution in [-0.2, 0) is 65.4 Å². The van der Waals surface area contributed by atoms with Gasteiger partial charge in [-0.15, -0.1) is 0 Å². The van der Waals surface area contributed by atoms with Crippen molar-refractivity contribution in [2.24, 2.45) is 23.7 Å². The Morgan fingerprint density at radius 3 is 0.826 bits per heavy atom. The molecule has 0 aromatic heterocycles. The lowest BCUT2D eigenvalue weighted by molar-refractivity contribution is -0.161. The van der Waals surface area contributed by atoms with Gasteiger partial charge in [-0.3, -0.25) is 37.3 Å². The maximum atomic E-state index is 13.0. The third-order valence-corrected chi connectivity index (χ3v) is 17.6. The van der Waals surface area contributed by atoms with E-state index in [0.717, 1.165) is 114 Å². The zero-order valence-electron chi connectivity index (χ0n) is 55.9. The zero-order valence-corrected chi connectivity index (χ0v) is 57.7. The Hall–Kier alpha value is -1.94. The number of phosphoric acid groups is 2. The zero-order chi connectivity index (χ0) is 63.9. The molecule has 0 rings (SSSR count). The van der Waals surface area contributed by atoms with Crippen molar-refractivity contribution in [1.29, 1.82) is 0 Å². The smallest absolute Gasteiger partial charge is 0.462 e. The van der Waals surface area contributed by atoms with E-state index in [9.17, 15) is 43.2 Å². The van der Waals surface area contributed by atoms with E-state index < -0.39 is 97.5 Å². The Morgan fingerprint density at radius 1 is 0.326 bits per heavy atom. The first kappa shape index (κ1) is 84.1. The number of aliphatic hydroxyl groups is 1. The second-order valence-electron chi connectivity index (χ2n) is 25.9. The minimum atomic E-state index is -4.95. The van der Waals surface area contributed by atoms with Crippen molar-refractivity contribution in [3.8, 4) is 0 Å². The summed E-state index contributed by atoms with van der Waals surface area (Å²) in [5.74, 6) is 0.808. The van der Waals surface area contributed by atoms with Crippen molar-refractivity contribution in [3.05, 3.63) is 0 Å². The van der Waals surface area contributed by atoms with Crippen LogP contribution in [0.4, 0.5) is 0 Å². The van der Waals surface area contributed by atoms with Crippen molar-refractivity contribution in [2.45, 2.75) is 343 Å². The molecule has 0 bridgehead atoms. The quantitative estimate of drug-likeness (QED) is 0.0222. The summed E-state index contributed by atoms with van der Waals surface area (Å²) in [4.78, 5) is 72.4. The monoisotopic (exact) mass is 1270 g/mol. The molecule has 0 amide bonds. The maximum Gasteiger partial charge on any atom is 0.472 e. The normalized spacial score (nSPS) is 14.7. The number of rotatable bonds is 64. The highest BCUT2D eigenvalue weighted by Gasteiger charge is 2.30. The van der Waals surface area contributed by atoms with E-state index >= 15 is 0 Å². The van der Waals surface area contributed by atoms with Gasteiger partial charge in [-0.1, -0.05) is 274 Å². The molecule has 0 radical (unpaired) electrons. The molecule has 19 heteroatoms. The molecule has 86 heavy (non-hydrogen) atoms. The highest BCUT2D eigenvalue weighted by atomic mass is 31.2. The van der Waals surface area contributed by atoms with E-state index in [4.69, 9.17) is 37.0 Å².